The molecule has 3 N–H and O–H groups in total. The molecule has 1 atom stereocenters. The van der Waals surface area contributed by atoms with Gasteiger partial charge in [0.05, 0.1) is 0 Å². The van der Waals surface area contributed by atoms with E-state index in [2.05, 4.69) is 5.32 Å². The number of rotatable bonds is 5. The first kappa shape index (κ1) is 13.1. The van der Waals surface area contributed by atoms with Crippen molar-refractivity contribution in [3.8, 4) is 0 Å². The zero-order chi connectivity index (χ0) is 12.0. The van der Waals surface area contributed by atoms with Crippen molar-refractivity contribution < 1.29 is 4.79 Å². The zero-order valence-corrected chi connectivity index (χ0v) is 10.5. The van der Waals surface area contributed by atoms with Crippen LogP contribution in [0.1, 0.15) is 13.3 Å². The fourth-order valence-electron chi connectivity index (χ4n) is 1.32. The van der Waals surface area contributed by atoms with Crippen LogP contribution in [0.15, 0.2) is 29.2 Å². The molecule has 1 unspecified atom stereocenters. The Balaban J connectivity index is 2.55. The molecule has 4 heteroatoms. The van der Waals surface area contributed by atoms with E-state index in [1.807, 2.05) is 37.4 Å². The lowest BCUT2D eigenvalue weighted by Crippen LogP contribution is -2.22. The number of hydrogen-bond donors (Lipinski definition) is 2. The Bertz CT molecular complexity index is 337. The number of amides is 1. The highest BCUT2D eigenvalue weighted by molar-refractivity contribution is 7.98. The molecule has 0 bridgehead atoms. The minimum atomic E-state index is -0.0368. The Hall–Kier alpha value is -1.00. The molecule has 3 nitrogen and oxygen atoms in total. The van der Waals surface area contributed by atoms with Crippen molar-refractivity contribution >= 4 is 23.4 Å². The van der Waals surface area contributed by atoms with Crippen molar-refractivity contribution in [1.29, 1.82) is 0 Å². The molecule has 0 aliphatic heterocycles. The van der Waals surface area contributed by atoms with Crippen molar-refractivity contribution in [2.24, 2.45) is 11.7 Å². The SMILES string of the molecule is CSc1ccc(NC(=O)C(C)CCN)cc1. The third kappa shape index (κ3) is 3.87. The van der Waals surface area contributed by atoms with Gasteiger partial charge in [-0.3, -0.25) is 4.79 Å². The molecule has 0 aliphatic rings. The minimum absolute atomic E-state index is 0.0300. The number of nitrogens with one attached hydrogen (secondary N) is 1. The fraction of sp³-hybridized carbons (Fsp3) is 0.417. The lowest BCUT2D eigenvalue weighted by molar-refractivity contribution is -0.119. The molecule has 0 spiro atoms. The van der Waals surface area contributed by atoms with Crippen LogP contribution in [0.3, 0.4) is 0 Å². The number of hydrogen-bond acceptors (Lipinski definition) is 3. The van der Waals surface area contributed by atoms with E-state index in [1.165, 1.54) is 4.90 Å². The van der Waals surface area contributed by atoms with E-state index in [-0.39, 0.29) is 11.8 Å². The second-order valence-corrected chi connectivity index (χ2v) is 4.58. The smallest absolute Gasteiger partial charge is 0.227 e. The number of thioether (sulfide) groups is 1. The van der Waals surface area contributed by atoms with E-state index in [1.54, 1.807) is 11.8 Å². The van der Waals surface area contributed by atoms with E-state index in [0.717, 1.165) is 5.69 Å². The zero-order valence-electron chi connectivity index (χ0n) is 9.69. The predicted molar refractivity (Wildman–Crippen MR) is 69.7 cm³/mol. The van der Waals surface area contributed by atoms with Gasteiger partial charge in [-0.15, -0.1) is 11.8 Å². The largest absolute Gasteiger partial charge is 0.330 e. The molecule has 1 rings (SSSR count). The molecule has 0 saturated carbocycles. The first-order valence-electron chi connectivity index (χ1n) is 5.32. The van der Waals surface area contributed by atoms with Gasteiger partial charge in [-0.2, -0.15) is 0 Å². The maximum Gasteiger partial charge on any atom is 0.227 e. The van der Waals surface area contributed by atoms with E-state index < -0.39 is 0 Å². The maximum atomic E-state index is 11.7. The Morgan fingerprint density at radius 2 is 2.06 bits per heavy atom. The Labute approximate surface area is 101 Å². The van der Waals surface area contributed by atoms with E-state index >= 15 is 0 Å². The molecular weight excluding hydrogens is 220 g/mol. The lowest BCUT2D eigenvalue weighted by atomic mass is 10.1. The number of carbonyl (C=O) groups excluding carboxylic acids is 1. The third-order valence-corrected chi connectivity index (χ3v) is 3.15. The first-order chi connectivity index (χ1) is 7.67. The quantitative estimate of drug-likeness (QED) is 0.774. The van der Waals surface area contributed by atoms with E-state index in [9.17, 15) is 4.79 Å². The Morgan fingerprint density at radius 1 is 1.44 bits per heavy atom. The normalized spacial score (nSPS) is 12.2. The molecule has 0 heterocycles. The lowest BCUT2D eigenvalue weighted by Gasteiger charge is -2.11. The predicted octanol–water partition coefficient (Wildman–Crippen LogP) is 2.33. The van der Waals surface area contributed by atoms with Crippen LogP contribution in [0.4, 0.5) is 5.69 Å². The van der Waals surface area contributed by atoms with Crippen LogP contribution in [0.25, 0.3) is 0 Å². The maximum absolute atomic E-state index is 11.7. The minimum Gasteiger partial charge on any atom is -0.330 e. The molecule has 88 valence electrons. The number of benzene rings is 1. The summed E-state index contributed by atoms with van der Waals surface area (Å²) in [5, 5.41) is 2.87. The summed E-state index contributed by atoms with van der Waals surface area (Å²) in [6.07, 6.45) is 2.74. The summed E-state index contributed by atoms with van der Waals surface area (Å²) in [7, 11) is 0. The van der Waals surface area contributed by atoms with Gasteiger partial charge >= 0.3 is 0 Å². The fourth-order valence-corrected chi connectivity index (χ4v) is 1.73. The van der Waals surface area contributed by atoms with E-state index in [4.69, 9.17) is 5.73 Å². The standard InChI is InChI=1S/C12H18N2OS/c1-9(7-8-13)12(15)14-10-3-5-11(16-2)6-4-10/h3-6,9H,7-8,13H2,1-2H3,(H,14,15). The molecule has 0 aliphatic carbocycles. The summed E-state index contributed by atoms with van der Waals surface area (Å²) in [5.74, 6) is -0.00687. The van der Waals surface area contributed by atoms with Crippen LogP contribution in [-0.4, -0.2) is 18.7 Å². The molecule has 1 amide bonds. The van der Waals surface area contributed by atoms with Crippen molar-refractivity contribution in [3.05, 3.63) is 24.3 Å². The topological polar surface area (TPSA) is 55.1 Å². The number of anilines is 1. The van der Waals surface area contributed by atoms with Gasteiger partial charge in [0.25, 0.3) is 0 Å². The average molecular weight is 238 g/mol. The highest BCUT2D eigenvalue weighted by atomic mass is 32.2. The summed E-state index contributed by atoms with van der Waals surface area (Å²) in [5.41, 5.74) is 6.26. The molecule has 1 aromatic carbocycles. The van der Waals surface area contributed by atoms with Crippen LogP contribution in [0.5, 0.6) is 0 Å². The van der Waals surface area contributed by atoms with Gasteiger partial charge in [-0.05, 0) is 43.5 Å². The van der Waals surface area contributed by atoms with Crippen LogP contribution < -0.4 is 11.1 Å². The summed E-state index contributed by atoms with van der Waals surface area (Å²) >= 11 is 1.68. The summed E-state index contributed by atoms with van der Waals surface area (Å²) in [6, 6.07) is 7.82. The van der Waals surface area contributed by atoms with Crippen LogP contribution in [0, 0.1) is 5.92 Å². The summed E-state index contributed by atoms with van der Waals surface area (Å²) in [4.78, 5) is 12.9. The second kappa shape index (κ2) is 6.55. The van der Waals surface area contributed by atoms with Gasteiger partial charge in [0.15, 0.2) is 0 Å². The van der Waals surface area contributed by atoms with Crippen molar-refractivity contribution in [3.63, 3.8) is 0 Å². The van der Waals surface area contributed by atoms with Gasteiger partial charge in [-0.25, -0.2) is 0 Å². The van der Waals surface area contributed by atoms with Crippen molar-refractivity contribution in [2.45, 2.75) is 18.2 Å². The molecule has 0 fully saturated rings. The number of carbonyl (C=O) groups is 1. The van der Waals surface area contributed by atoms with Crippen molar-refractivity contribution in [1.82, 2.24) is 0 Å². The van der Waals surface area contributed by atoms with Gasteiger partial charge in [0.1, 0.15) is 0 Å². The van der Waals surface area contributed by atoms with Gasteiger partial charge in [0.2, 0.25) is 5.91 Å². The number of nitrogens with two attached hydrogens (primary N) is 1. The Morgan fingerprint density at radius 3 is 2.56 bits per heavy atom. The molecule has 0 radical (unpaired) electrons. The second-order valence-electron chi connectivity index (χ2n) is 3.70. The molecule has 0 saturated heterocycles. The van der Waals surface area contributed by atoms with Crippen molar-refractivity contribution in [2.75, 3.05) is 18.1 Å². The van der Waals surface area contributed by atoms with E-state index in [0.29, 0.717) is 13.0 Å². The van der Waals surface area contributed by atoms with Gasteiger partial charge < -0.3 is 11.1 Å². The summed E-state index contributed by atoms with van der Waals surface area (Å²) < 4.78 is 0. The van der Waals surface area contributed by atoms with Crippen LogP contribution in [0.2, 0.25) is 0 Å². The Kier molecular flexibility index (Phi) is 5.35. The molecule has 1 aromatic rings. The highest BCUT2D eigenvalue weighted by Gasteiger charge is 2.11. The monoisotopic (exact) mass is 238 g/mol. The van der Waals surface area contributed by atoms with Gasteiger partial charge in [-0.1, -0.05) is 6.92 Å². The van der Waals surface area contributed by atoms with Gasteiger partial charge in [0, 0.05) is 16.5 Å². The van der Waals surface area contributed by atoms with Crippen LogP contribution >= 0.6 is 11.8 Å². The first-order valence-corrected chi connectivity index (χ1v) is 6.55. The molecule has 0 aromatic heterocycles. The summed E-state index contributed by atoms with van der Waals surface area (Å²) in [6.45, 7) is 2.43. The van der Waals surface area contributed by atoms with Crippen LogP contribution in [-0.2, 0) is 4.79 Å². The third-order valence-electron chi connectivity index (χ3n) is 2.40. The molecule has 16 heavy (non-hydrogen) atoms. The molecular formula is C12H18N2OS. The highest BCUT2D eigenvalue weighted by Crippen LogP contribution is 2.18. The average Bonchev–Trinajstić information content (AvgIpc) is 2.30.